The predicted octanol–water partition coefficient (Wildman–Crippen LogP) is 4.53. The van der Waals surface area contributed by atoms with Crippen molar-refractivity contribution >= 4 is 23.4 Å². The monoisotopic (exact) mass is 340 g/mol. The average molecular weight is 340 g/mol. The Morgan fingerprint density at radius 1 is 1.22 bits per heavy atom. The topological polar surface area (TPSA) is 42.0 Å². The van der Waals surface area contributed by atoms with E-state index in [0.717, 1.165) is 11.6 Å². The van der Waals surface area contributed by atoms with E-state index in [-0.39, 0.29) is 5.69 Å². The van der Waals surface area contributed by atoms with E-state index < -0.39 is 22.9 Å². The molecule has 0 radical (unpaired) electrons. The number of carbonyl (C=O) groups is 1. The van der Waals surface area contributed by atoms with Crippen molar-refractivity contribution in [1.29, 1.82) is 0 Å². The van der Waals surface area contributed by atoms with E-state index in [0.29, 0.717) is 5.03 Å². The third-order valence-corrected chi connectivity index (χ3v) is 4.09. The van der Waals surface area contributed by atoms with Gasteiger partial charge in [-0.15, -0.1) is 0 Å². The largest absolute Gasteiger partial charge is 0.418 e. The fraction of sp³-hybridized carbons (Fsp3) is 0.250. The highest BCUT2D eigenvalue weighted by Crippen LogP contribution is 2.35. The number of hydrogen-bond acceptors (Lipinski definition) is 3. The summed E-state index contributed by atoms with van der Waals surface area (Å²) in [5.41, 5.74) is -0.112. The van der Waals surface area contributed by atoms with Crippen LogP contribution in [0.15, 0.2) is 47.6 Å². The number of alkyl halides is 3. The van der Waals surface area contributed by atoms with E-state index in [2.05, 4.69) is 10.3 Å². The molecule has 1 unspecified atom stereocenters. The maximum absolute atomic E-state index is 12.9. The molecule has 2 aromatic rings. The molecular formula is C16H15F3N2OS. The first-order valence-corrected chi connectivity index (χ1v) is 7.72. The number of nitrogens with one attached hydrogen (secondary N) is 1. The Labute approximate surface area is 136 Å². The Morgan fingerprint density at radius 3 is 2.52 bits per heavy atom. The van der Waals surface area contributed by atoms with Gasteiger partial charge in [0.05, 0.1) is 21.5 Å². The van der Waals surface area contributed by atoms with Crippen molar-refractivity contribution in [2.24, 2.45) is 0 Å². The molecule has 0 aliphatic heterocycles. The van der Waals surface area contributed by atoms with E-state index in [1.807, 2.05) is 13.0 Å². The summed E-state index contributed by atoms with van der Waals surface area (Å²) in [6.07, 6.45) is -2.84. The van der Waals surface area contributed by atoms with Gasteiger partial charge in [-0.1, -0.05) is 30.0 Å². The Morgan fingerprint density at radius 2 is 1.91 bits per heavy atom. The number of anilines is 1. The highest BCUT2D eigenvalue weighted by atomic mass is 32.2. The zero-order valence-corrected chi connectivity index (χ0v) is 13.3. The zero-order valence-electron chi connectivity index (χ0n) is 12.5. The van der Waals surface area contributed by atoms with Gasteiger partial charge in [-0.25, -0.2) is 4.98 Å². The highest BCUT2D eigenvalue weighted by Gasteiger charge is 2.33. The van der Waals surface area contributed by atoms with Crippen LogP contribution < -0.4 is 5.32 Å². The number of halogens is 3. The summed E-state index contributed by atoms with van der Waals surface area (Å²) >= 11 is 1.19. The first kappa shape index (κ1) is 17.3. The van der Waals surface area contributed by atoms with Crippen molar-refractivity contribution in [1.82, 2.24) is 4.98 Å². The van der Waals surface area contributed by atoms with Gasteiger partial charge in [0.25, 0.3) is 0 Å². The Hall–Kier alpha value is -2.02. The maximum atomic E-state index is 12.9. The van der Waals surface area contributed by atoms with E-state index in [9.17, 15) is 18.0 Å². The maximum Gasteiger partial charge on any atom is 0.418 e. The van der Waals surface area contributed by atoms with Crippen LogP contribution in [0.1, 0.15) is 18.1 Å². The summed E-state index contributed by atoms with van der Waals surface area (Å²) in [7, 11) is 0. The minimum absolute atomic E-state index is 0.241. The first-order valence-electron chi connectivity index (χ1n) is 6.84. The van der Waals surface area contributed by atoms with Crippen LogP contribution >= 0.6 is 11.8 Å². The zero-order chi connectivity index (χ0) is 17.0. The highest BCUT2D eigenvalue weighted by molar-refractivity contribution is 8.00. The van der Waals surface area contributed by atoms with Gasteiger partial charge < -0.3 is 5.32 Å². The number of thioether (sulfide) groups is 1. The summed E-state index contributed by atoms with van der Waals surface area (Å²) in [6, 6.07) is 8.54. The SMILES string of the molecule is Cc1ccc(SC(C)C(=O)Nc2ccccc2C(F)(F)F)nc1. The normalized spacial score (nSPS) is 12.7. The lowest BCUT2D eigenvalue weighted by Gasteiger charge is -2.16. The summed E-state index contributed by atoms with van der Waals surface area (Å²) in [4.78, 5) is 16.3. The van der Waals surface area contributed by atoms with Crippen molar-refractivity contribution in [3.05, 3.63) is 53.7 Å². The number of carbonyl (C=O) groups excluding carboxylic acids is 1. The molecule has 0 spiro atoms. The van der Waals surface area contributed by atoms with Gasteiger partial charge in [-0.3, -0.25) is 4.79 Å². The van der Waals surface area contributed by atoms with Crippen LogP contribution in [-0.2, 0) is 11.0 Å². The first-order chi connectivity index (χ1) is 10.8. The molecule has 3 nitrogen and oxygen atoms in total. The number of aromatic nitrogens is 1. The summed E-state index contributed by atoms with van der Waals surface area (Å²) in [5.74, 6) is -0.505. The molecule has 0 aliphatic rings. The number of pyridine rings is 1. The number of aryl methyl sites for hydroxylation is 1. The fourth-order valence-electron chi connectivity index (χ4n) is 1.83. The van der Waals surface area contributed by atoms with Crippen molar-refractivity contribution < 1.29 is 18.0 Å². The predicted molar refractivity (Wildman–Crippen MR) is 84.4 cm³/mol. The Balaban J connectivity index is 2.08. The molecule has 7 heteroatoms. The second kappa shape index (κ2) is 7.04. The number of rotatable bonds is 4. The minimum atomic E-state index is -4.52. The van der Waals surface area contributed by atoms with Gasteiger partial charge in [0.2, 0.25) is 5.91 Å². The van der Waals surface area contributed by atoms with E-state index >= 15 is 0 Å². The molecule has 122 valence electrons. The third-order valence-electron chi connectivity index (χ3n) is 3.04. The quantitative estimate of drug-likeness (QED) is 0.832. The molecule has 0 fully saturated rings. The molecule has 1 aromatic carbocycles. The number of para-hydroxylation sites is 1. The average Bonchev–Trinajstić information content (AvgIpc) is 2.49. The number of nitrogens with zero attached hydrogens (tertiary/aromatic N) is 1. The van der Waals surface area contributed by atoms with Gasteiger partial charge in [-0.2, -0.15) is 13.2 Å². The van der Waals surface area contributed by atoms with Gasteiger partial charge in [0.1, 0.15) is 0 Å². The van der Waals surface area contributed by atoms with Crippen LogP contribution in [0.4, 0.5) is 18.9 Å². The summed E-state index contributed by atoms with van der Waals surface area (Å²) in [6.45, 7) is 3.52. The lowest BCUT2D eigenvalue weighted by molar-refractivity contribution is -0.137. The Bertz CT molecular complexity index is 686. The third kappa shape index (κ3) is 4.72. The van der Waals surface area contributed by atoms with Crippen LogP contribution in [0.5, 0.6) is 0 Å². The number of benzene rings is 1. The molecule has 1 amide bonds. The van der Waals surface area contributed by atoms with Crippen LogP contribution in [0.25, 0.3) is 0 Å². The van der Waals surface area contributed by atoms with Crippen molar-refractivity contribution in [3.8, 4) is 0 Å². The van der Waals surface area contributed by atoms with Crippen LogP contribution in [0.2, 0.25) is 0 Å². The molecule has 23 heavy (non-hydrogen) atoms. The number of hydrogen-bond donors (Lipinski definition) is 1. The lowest BCUT2D eigenvalue weighted by atomic mass is 10.1. The van der Waals surface area contributed by atoms with Crippen LogP contribution in [0.3, 0.4) is 0 Å². The lowest BCUT2D eigenvalue weighted by Crippen LogP contribution is -2.24. The molecule has 0 saturated carbocycles. The molecule has 0 bridgehead atoms. The smallest absolute Gasteiger partial charge is 0.325 e. The van der Waals surface area contributed by atoms with Gasteiger partial charge in [0.15, 0.2) is 0 Å². The van der Waals surface area contributed by atoms with Crippen molar-refractivity contribution in [3.63, 3.8) is 0 Å². The Kier molecular flexibility index (Phi) is 5.30. The van der Waals surface area contributed by atoms with Crippen molar-refractivity contribution in [2.75, 3.05) is 5.32 Å². The van der Waals surface area contributed by atoms with Gasteiger partial charge >= 0.3 is 6.18 Å². The molecular weight excluding hydrogens is 325 g/mol. The summed E-state index contributed by atoms with van der Waals surface area (Å²) < 4.78 is 38.8. The van der Waals surface area contributed by atoms with Gasteiger partial charge in [-0.05, 0) is 37.6 Å². The number of amides is 1. The molecule has 1 aromatic heterocycles. The minimum Gasteiger partial charge on any atom is -0.325 e. The van der Waals surface area contributed by atoms with E-state index in [1.165, 1.54) is 30.0 Å². The van der Waals surface area contributed by atoms with E-state index in [1.54, 1.807) is 19.2 Å². The fourth-order valence-corrected chi connectivity index (χ4v) is 2.62. The van der Waals surface area contributed by atoms with Crippen LogP contribution in [0, 0.1) is 6.92 Å². The molecule has 1 heterocycles. The van der Waals surface area contributed by atoms with Crippen molar-refractivity contribution in [2.45, 2.75) is 30.3 Å². The second-order valence-electron chi connectivity index (χ2n) is 4.97. The van der Waals surface area contributed by atoms with Gasteiger partial charge in [0, 0.05) is 6.20 Å². The van der Waals surface area contributed by atoms with Crippen LogP contribution in [-0.4, -0.2) is 16.1 Å². The molecule has 2 rings (SSSR count). The molecule has 0 saturated heterocycles. The van der Waals surface area contributed by atoms with E-state index in [4.69, 9.17) is 0 Å². The molecule has 0 aliphatic carbocycles. The summed E-state index contributed by atoms with van der Waals surface area (Å²) in [5, 5.41) is 2.40. The second-order valence-corrected chi connectivity index (χ2v) is 6.33. The molecule has 1 N–H and O–H groups in total. The standard InChI is InChI=1S/C16H15F3N2OS/c1-10-7-8-14(20-9-10)23-11(2)15(22)21-13-6-4-3-5-12(13)16(17,18)19/h3-9,11H,1-2H3,(H,21,22). The molecule has 1 atom stereocenters.